The van der Waals surface area contributed by atoms with E-state index in [1.54, 1.807) is 4.68 Å². The molecule has 0 atom stereocenters. The summed E-state index contributed by atoms with van der Waals surface area (Å²) in [7, 11) is 3.77. The Kier molecular flexibility index (Phi) is 4.19. The lowest BCUT2D eigenvalue weighted by atomic mass is 10.2. The lowest BCUT2D eigenvalue weighted by Gasteiger charge is -2.10. The molecular formula is C13H18BrN5. The zero-order chi connectivity index (χ0) is 14.0. The zero-order valence-electron chi connectivity index (χ0n) is 11.7. The quantitative estimate of drug-likeness (QED) is 0.939. The van der Waals surface area contributed by atoms with Crippen LogP contribution in [0.3, 0.4) is 0 Å². The third-order valence-electron chi connectivity index (χ3n) is 2.90. The molecule has 2 heterocycles. The predicted octanol–water partition coefficient (Wildman–Crippen LogP) is 2.94. The summed E-state index contributed by atoms with van der Waals surface area (Å²) in [6, 6.07) is 0. The van der Waals surface area contributed by atoms with Crippen molar-refractivity contribution in [3.8, 4) is 11.4 Å². The smallest absolute Gasteiger partial charge is 0.165 e. The van der Waals surface area contributed by atoms with Gasteiger partial charge in [0.1, 0.15) is 5.82 Å². The van der Waals surface area contributed by atoms with Gasteiger partial charge in [0.2, 0.25) is 0 Å². The second kappa shape index (κ2) is 5.69. The maximum absolute atomic E-state index is 4.66. The van der Waals surface area contributed by atoms with Crippen molar-refractivity contribution in [2.24, 2.45) is 7.05 Å². The third-order valence-corrected chi connectivity index (χ3v) is 3.73. The van der Waals surface area contributed by atoms with Crippen LogP contribution in [0.1, 0.15) is 24.7 Å². The highest BCUT2D eigenvalue weighted by atomic mass is 79.9. The van der Waals surface area contributed by atoms with Crippen LogP contribution in [0.15, 0.2) is 10.7 Å². The van der Waals surface area contributed by atoms with Crippen LogP contribution in [0.25, 0.3) is 11.4 Å². The van der Waals surface area contributed by atoms with E-state index in [2.05, 4.69) is 43.2 Å². The number of rotatable bonds is 4. The Morgan fingerprint density at radius 1 is 1.37 bits per heavy atom. The molecule has 0 fully saturated rings. The SMILES string of the molecule is CCCc1nc(-c2cn(C)nc2C)nc(NC)c1Br. The molecule has 6 heteroatoms. The van der Waals surface area contributed by atoms with E-state index in [4.69, 9.17) is 0 Å². The molecular weight excluding hydrogens is 306 g/mol. The summed E-state index contributed by atoms with van der Waals surface area (Å²) in [5.41, 5.74) is 2.94. The summed E-state index contributed by atoms with van der Waals surface area (Å²) in [5, 5.41) is 7.45. The van der Waals surface area contributed by atoms with Gasteiger partial charge in [-0.3, -0.25) is 4.68 Å². The Labute approximate surface area is 121 Å². The van der Waals surface area contributed by atoms with Crippen LogP contribution in [0.4, 0.5) is 5.82 Å². The van der Waals surface area contributed by atoms with Crippen molar-refractivity contribution < 1.29 is 0 Å². The van der Waals surface area contributed by atoms with Crippen molar-refractivity contribution in [3.05, 3.63) is 22.1 Å². The molecule has 0 amide bonds. The molecule has 0 radical (unpaired) electrons. The molecule has 19 heavy (non-hydrogen) atoms. The second-order valence-electron chi connectivity index (χ2n) is 4.46. The molecule has 0 spiro atoms. The van der Waals surface area contributed by atoms with Gasteiger partial charge in [-0.2, -0.15) is 5.10 Å². The van der Waals surface area contributed by atoms with Gasteiger partial charge in [-0.1, -0.05) is 13.3 Å². The lowest BCUT2D eigenvalue weighted by molar-refractivity contribution is 0.756. The Balaban J connectivity index is 2.57. The van der Waals surface area contributed by atoms with E-state index in [1.165, 1.54) is 0 Å². The van der Waals surface area contributed by atoms with E-state index in [1.807, 2.05) is 27.2 Å². The Bertz CT molecular complexity index is 591. The number of hydrogen-bond acceptors (Lipinski definition) is 4. The van der Waals surface area contributed by atoms with E-state index in [0.717, 1.165) is 45.9 Å². The van der Waals surface area contributed by atoms with E-state index < -0.39 is 0 Å². The Hall–Kier alpha value is -1.43. The van der Waals surface area contributed by atoms with Gasteiger partial charge in [-0.25, -0.2) is 9.97 Å². The largest absolute Gasteiger partial charge is 0.372 e. The predicted molar refractivity (Wildman–Crippen MR) is 80.2 cm³/mol. The summed E-state index contributed by atoms with van der Waals surface area (Å²) in [4.78, 5) is 9.22. The highest BCUT2D eigenvalue weighted by Crippen LogP contribution is 2.28. The summed E-state index contributed by atoms with van der Waals surface area (Å²) in [6.07, 6.45) is 3.92. The van der Waals surface area contributed by atoms with Crippen molar-refractivity contribution in [2.75, 3.05) is 12.4 Å². The highest BCUT2D eigenvalue weighted by molar-refractivity contribution is 9.10. The Morgan fingerprint density at radius 2 is 2.11 bits per heavy atom. The van der Waals surface area contributed by atoms with Gasteiger partial charge < -0.3 is 5.32 Å². The van der Waals surface area contributed by atoms with Crippen molar-refractivity contribution in [2.45, 2.75) is 26.7 Å². The number of hydrogen-bond donors (Lipinski definition) is 1. The molecule has 0 aromatic carbocycles. The topological polar surface area (TPSA) is 55.6 Å². The van der Waals surface area contributed by atoms with Crippen LogP contribution < -0.4 is 5.32 Å². The fraction of sp³-hybridized carbons (Fsp3) is 0.462. The molecule has 0 aliphatic heterocycles. The monoisotopic (exact) mass is 323 g/mol. The van der Waals surface area contributed by atoms with Crippen molar-refractivity contribution in [3.63, 3.8) is 0 Å². The summed E-state index contributed by atoms with van der Waals surface area (Å²) < 4.78 is 2.73. The number of aromatic nitrogens is 4. The molecule has 5 nitrogen and oxygen atoms in total. The van der Waals surface area contributed by atoms with E-state index in [0.29, 0.717) is 0 Å². The summed E-state index contributed by atoms with van der Waals surface area (Å²) in [6.45, 7) is 4.11. The highest BCUT2D eigenvalue weighted by Gasteiger charge is 2.15. The molecule has 0 bridgehead atoms. The van der Waals surface area contributed by atoms with Gasteiger partial charge in [0.25, 0.3) is 0 Å². The third kappa shape index (κ3) is 2.78. The number of anilines is 1. The molecule has 2 rings (SSSR count). The normalized spacial score (nSPS) is 10.8. The van der Waals surface area contributed by atoms with Crippen LogP contribution in [0.2, 0.25) is 0 Å². The van der Waals surface area contributed by atoms with Crippen molar-refractivity contribution in [1.82, 2.24) is 19.7 Å². The fourth-order valence-corrected chi connectivity index (χ4v) is 2.58. The molecule has 0 saturated heterocycles. The molecule has 0 aliphatic carbocycles. The summed E-state index contributed by atoms with van der Waals surface area (Å²) >= 11 is 3.56. The van der Waals surface area contributed by atoms with Crippen LogP contribution in [0.5, 0.6) is 0 Å². The minimum absolute atomic E-state index is 0.724. The zero-order valence-corrected chi connectivity index (χ0v) is 13.2. The number of nitrogens with one attached hydrogen (secondary N) is 1. The molecule has 102 valence electrons. The second-order valence-corrected chi connectivity index (χ2v) is 5.25. The van der Waals surface area contributed by atoms with E-state index in [9.17, 15) is 0 Å². The number of nitrogens with zero attached hydrogens (tertiary/aromatic N) is 4. The van der Waals surface area contributed by atoms with Gasteiger partial charge in [0.15, 0.2) is 5.82 Å². The average Bonchev–Trinajstić information content (AvgIpc) is 2.71. The van der Waals surface area contributed by atoms with Gasteiger partial charge in [-0.15, -0.1) is 0 Å². The molecule has 0 unspecified atom stereocenters. The molecule has 1 N–H and O–H groups in total. The molecule has 2 aromatic heterocycles. The maximum Gasteiger partial charge on any atom is 0.165 e. The van der Waals surface area contributed by atoms with Gasteiger partial charge in [-0.05, 0) is 29.3 Å². The van der Waals surface area contributed by atoms with Crippen LogP contribution in [-0.2, 0) is 13.5 Å². The first-order valence-corrected chi connectivity index (χ1v) is 7.10. The van der Waals surface area contributed by atoms with E-state index in [-0.39, 0.29) is 0 Å². The van der Waals surface area contributed by atoms with Gasteiger partial charge >= 0.3 is 0 Å². The van der Waals surface area contributed by atoms with Gasteiger partial charge in [0, 0.05) is 20.3 Å². The van der Waals surface area contributed by atoms with Gasteiger partial charge in [0.05, 0.1) is 21.4 Å². The van der Waals surface area contributed by atoms with Crippen LogP contribution >= 0.6 is 15.9 Å². The van der Waals surface area contributed by atoms with E-state index >= 15 is 0 Å². The van der Waals surface area contributed by atoms with Crippen LogP contribution in [0, 0.1) is 6.92 Å². The number of aryl methyl sites for hydroxylation is 3. The first-order chi connectivity index (χ1) is 9.06. The molecule has 0 saturated carbocycles. The number of halogens is 1. The first-order valence-electron chi connectivity index (χ1n) is 6.31. The fourth-order valence-electron chi connectivity index (χ4n) is 2.00. The molecule has 2 aromatic rings. The maximum atomic E-state index is 4.66. The lowest BCUT2D eigenvalue weighted by Crippen LogP contribution is -2.03. The summed E-state index contributed by atoms with van der Waals surface area (Å²) in [5.74, 6) is 1.54. The Morgan fingerprint density at radius 3 is 2.63 bits per heavy atom. The minimum atomic E-state index is 0.724. The molecule has 0 aliphatic rings. The van der Waals surface area contributed by atoms with Crippen LogP contribution in [-0.4, -0.2) is 26.8 Å². The minimum Gasteiger partial charge on any atom is -0.372 e. The standard InChI is InChI=1S/C13H18BrN5/c1-5-6-10-11(14)13(15-3)17-12(16-10)9-7-19(4)18-8(9)2/h7H,5-6H2,1-4H3,(H,15,16,17). The average molecular weight is 324 g/mol. The van der Waals surface area contributed by atoms with Crippen molar-refractivity contribution in [1.29, 1.82) is 0 Å². The van der Waals surface area contributed by atoms with Crippen molar-refractivity contribution >= 4 is 21.7 Å². The first kappa shape index (κ1) is 14.0.